The molecule has 0 aliphatic carbocycles. The predicted octanol–water partition coefficient (Wildman–Crippen LogP) is 4.43. The third-order valence-electron chi connectivity index (χ3n) is 3.12. The van der Waals surface area contributed by atoms with Crippen LogP contribution in [0.25, 0.3) is 0 Å². The van der Waals surface area contributed by atoms with Gasteiger partial charge in [0.2, 0.25) is 0 Å². The minimum atomic E-state index is 0.696. The van der Waals surface area contributed by atoms with Crippen LogP contribution in [0.2, 0.25) is 0 Å². The van der Waals surface area contributed by atoms with Gasteiger partial charge in [-0.15, -0.1) is 0 Å². The van der Waals surface area contributed by atoms with E-state index in [1.54, 1.807) is 0 Å². The fourth-order valence-corrected chi connectivity index (χ4v) is 1.92. The van der Waals surface area contributed by atoms with Crippen molar-refractivity contribution in [1.82, 2.24) is 0 Å². The van der Waals surface area contributed by atoms with Gasteiger partial charge in [0.25, 0.3) is 0 Å². The van der Waals surface area contributed by atoms with E-state index in [9.17, 15) is 0 Å². The summed E-state index contributed by atoms with van der Waals surface area (Å²) in [6, 6.07) is 4.38. The Hall–Kier alpha value is -1.02. The molecular weight excluding hydrogens is 196 g/mol. The van der Waals surface area contributed by atoms with E-state index in [1.807, 2.05) is 0 Å². The lowest BCUT2D eigenvalue weighted by atomic mass is 9.92. The lowest BCUT2D eigenvalue weighted by Gasteiger charge is -2.14. The Morgan fingerprint density at radius 2 is 1.12 bits per heavy atom. The molecule has 0 aliphatic heterocycles. The molecule has 0 saturated carbocycles. The van der Waals surface area contributed by atoms with E-state index in [0.717, 1.165) is 24.7 Å². The zero-order valence-corrected chi connectivity index (χ0v) is 10.7. The maximum Gasteiger partial charge on any atom is 0.0621 e. The first-order chi connectivity index (χ1) is 7.70. The number of nitriles is 2. The summed E-state index contributed by atoms with van der Waals surface area (Å²) < 4.78 is 0. The SMILES string of the molecule is CC(CCCC#N)CCC(C)CCCC#N. The highest BCUT2D eigenvalue weighted by atomic mass is 14.2. The average Bonchev–Trinajstić information content (AvgIpc) is 2.27. The monoisotopic (exact) mass is 220 g/mol. The second-order valence-electron chi connectivity index (χ2n) is 4.89. The largest absolute Gasteiger partial charge is 0.198 e. The van der Waals surface area contributed by atoms with Gasteiger partial charge >= 0.3 is 0 Å². The van der Waals surface area contributed by atoms with Crippen LogP contribution < -0.4 is 0 Å². The molecule has 0 aromatic rings. The highest BCUT2D eigenvalue weighted by Gasteiger charge is 2.06. The molecule has 0 radical (unpaired) electrons. The van der Waals surface area contributed by atoms with Crippen molar-refractivity contribution < 1.29 is 0 Å². The zero-order valence-electron chi connectivity index (χ0n) is 10.7. The summed E-state index contributed by atoms with van der Waals surface area (Å²) in [7, 11) is 0. The molecule has 16 heavy (non-hydrogen) atoms. The van der Waals surface area contributed by atoms with E-state index in [2.05, 4.69) is 26.0 Å². The van der Waals surface area contributed by atoms with Gasteiger partial charge in [0.1, 0.15) is 0 Å². The molecule has 0 spiro atoms. The van der Waals surface area contributed by atoms with E-state index in [-0.39, 0.29) is 0 Å². The molecule has 2 unspecified atom stereocenters. The van der Waals surface area contributed by atoms with Crippen molar-refractivity contribution in [3.63, 3.8) is 0 Å². The Kier molecular flexibility index (Phi) is 9.83. The van der Waals surface area contributed by atoms with Crippen molar-refractivity contribution in [2.45, 2.75) is 65.2 Å². The van der Waals surface area contributed by atoms with Crippen LogP contribution in [0.5, 0.6) is 0 Å². The highest BCUT2D eigenvalue weighted by molar-refractivity contribution is 4.71. The topological polar surface area (TPSA) is 47.6 Å². The number of hydrogen-bond donors (Lipinski definition) is 0. The summed E-state index contributed by atoms with van der Waals surface area (Å²) in [5, 5.41) is 16.9. The minimum Gasteiger partial charge on any atom is -0.198 e. The molecule has 90 valence electrons. The van der Waals surface area contributed by atoms with Crippen LogP contribution in [-0.2, 0) is 0 Å². The Balaban J connectivity index is 3.41. The average molecular weight is 220 g/mol. The third kappa shape index (κ3) is 9.53. The van der Waals surface area contributed by atoms with Crippen LogP contribution in [0.15, 0.2) is 0 Å². The molecule has 0 heterocycles. The molecular formula is C14H24N2. The maximum absolute atomic E-state index is 8.44. The van der Waals surface area contributed by atoms with E-state index >= 15 is 0 Å². The van der Waals surface area contributed by atoms with Crippen LogP contribution in [0, 0.1) is 34.5 Å². The van der Waals surface area contributed by atoms with E-state index in [1.165, 1.54) is 25.7 Å². The summed E-state index contributed by atoms with van der Waals surface area (Å²) in [6.45, 7) is 4.55. The Labute approximate surface area is 100 Å². The third-order valence-corrected chi connectivity index (χ3v) is 3.12. The van der Waals surface area contributed by atoms with Crippen molar-refractivity contribution in [3.8, 4) is 12.1 Å². The summed E-state index contributed by atoms with van der Waals surface area (Å²) in [4.78, 5) is 0. The van der Waals surface area contributed by atoms with Gasteiger partial charge in [0, 0.05) is 12.8 Å². The van der Waals surface area contributed by atoms with Gasteiger partial charge < -0.3 is 0 Å². The summed E-state index contributed by atoms with van der Waals surface area (Å²) in [5.74, 6) is 1.48. The number of unbranched alkanes of at least 4 members (excludes halogenated alkanes) is 2. The van der Waals surface area contributed by atoms with Crippen LogP contribution in [0.4, 0.5) is 0 Å². The molecule has 2 heteroatoms. The first-order valence-electron chi connectivity index (χ1n) is 6.44. The number of rotatable bonds is 9. The molecule has 0 rings (SSSR count). The van der Waals surface area contributed by atoms with Gasteiger partial charge in [-0.1, -0.05) is 26.7 Å². The fraction of sp³-hybridized carbons (Fsp3) is 0.857. The summed E-state index contributed by atoms with van der Waals surface area (Å²) >= 11 is 0. The second-order valence-corrected chi connectivity index (χ2v) is 4.89. The number of nitrogens with zero attached hydrogens (tertiary/aromatic N) is 2. The van der Waals surface area contributed by atoms with Crippen molar-refractivity contribution in [3.05, 3.63) is 0 Å². The first-order valence-corrected chi connectivity index (χ1v) is 6.44. The van der Waals surface area contributed by atoms with E-state index < -0.39 is 0 Å². The predicted molar refractivity (Wildman–Crippen MR) is 66.5 cm³/mol. The zero-order chi connectivity index (χ0) is 12.2. The van der Waals surface area contributed by atoms with Gasteiger partial charge in [0.15, 0.2) is 0 Å². The molecule has 0 aliphatic rings. The lowest BCUT2D eigenvalue weighted by molar-refractivity contribution is 0.388. The van der Waals surface area contributed by atoms with Crippen molar-refractivity contribution in [2.75, 3.05) is 0 Å². The standard InChI is InChI=1S/C14H24N2/c1-13(7-3-5-11-15)9-10-14(2)8-4-6-12-16/h13-14H,3-10H2,1-2H3. The molecule has 0 fully saturated rings. The van der Waals surface area contributed by atoms with Gasteiger partial charge in [-0.2, -0.15) is 10.5 Å². The molecule has 2 nitrogen and oxygen atoms in total. The fourth-order valence-electron chi connectivity index (χ4n) is 1.92. The Bertz CT molecular complexity index is 208. The second kappa shape index (κ2) is 10.5. The van der Waals surface area contributed by atoms with Crippen molar-refractivity contribution >= 4 is 0 Å². The number of hydrogen-bond acceptors (Lipinski definition) is 2. The summed E-state index contributed by atoms with van der Waals surface area (Å²) in [5.41, 5.74) is 0. The van der Waals surface area contributed by atoms with Gasteiger partial charge in [-0.3, -0.25) is 0 Å². The van der Waals surface area contributed by atoms with Crippen molar-refractivity contribution in [2.24, 2.45) is 11.8 Å². The molecule has 0 saturated heterocycles. The summed E-state index contributed by atoms with van der Waals surface area (Å²) in [6.07, 6.45) is 8.36. The normalized spacial score (nSPS) is 13.8. The molecule has 0 aromatic heterocycles. The smallest absolute Gasteiger partial charge is 0.0621 e. The van der Waals surface area contributed by atoms with Crippen LogP contribution >= 0.6 is 0 Å². The van der Waals surface area contributed by atoms with Gasteiger partial charge in [-0.05, 0) is 37.5 Å². The molecule has 0 bridgehead atoms. The van der Waals surface area contributed by atoms with Crippen LogP contribution in [0.3, 0.4) is 0 Å². The van der Waals surface area contributed by atoms with E-state index in [4.69, 9.17) is 10.5 Å². The van der Waals surface area contributed by atoms with Crippen molar-refractivity contribution in [1.29, 1.82) is 10.5 Å². The van der Waals surface area contributed by atoms with Crippen LogP contribution in [-0.4, -0.2) is 0 Å². The van der Waals surface area contributed by atoms with E-state index in [0.29, 0.717) is 12.8 Å². The first kappa shape index (κ1) is 15.0. The van der Waals surface area contributed by atoms with Gasteiger partial charge in [-0.25, -0.2) is 0 Å². The lowest BCUT2D eigenvalue weighted by Crippen LogP contribution is -2.00. The molecule has 0 N–H and O–H groups in total. The quantitative estimate of drug-likeness (QED) is 0.540. The maximum atomic E-state index is 8.44. The Morgan fingerprint density at radius 1 is 0.750 bits per heavy atom. The Morgan fingerprint density at radius 3 is 1.44 bits per heavy atom. The van der Waals surface area contributed by atoms with Crippen LogP contribution in [0.1, 0.15) is 65.2 Å². The molecule has 2 atom stereocenters. The molecule has 0 aromatic carbocycles. The molecule has 0 amide bonds. The minimum absolute atomic E-state index is 0.696. The highest BCUT2D eigenvalue weighted by Crippen LogP contribution is 2.20. The van der Waals surface area contributed by atoms with Gasteiger partial charge in [0.05, 0.1) is 12.1 Å².